The molecule has 21 heavy (non-hydrogen) atoms. The minimum Gasteiger partial charge on any atom is -0.497 e. The summed E-state index contributed by atoms with van der Waals surface area (Å²) in [5.41, 5.74) is 6.66. The highest BCUT2D eigenvalue weighted by Crippen LogP contribution is 2.36. The van der Waals surface area contributed by atoms with Crippen LogP contribution in [0.1, 0.15) is 16.1 Å². The molecule has 2 N–H and O–H groups in total. The molecular formula is C15H20N2O3S. The smallest absolute Gasteiger partial charge is 0.265 e. The first kappa shape index (κ1) is 15.6. The maximum atomic E-state index is 12.5. The number of rotatable bonds is 6. The number of nitrogen functional groups attached to an aromatic ring is 1. The quantitative estimate of drug-likeness (QED) is 0.833. The monoisotopic (exact) mass is 308 g/mol. The number of nitrogens with two attached hydrogens (primary N) is 1. The summed E-state index contributed by atoms with van der Waals surface area (Å²) in [4.78, 5) is 14.7. The van der Waals surface area contributed by atoms with E-state index in [0.717, 1.165) is 22.3 Å². The second-order valence-electron chi connectivity index (χ2n) is 4.78. The Morgan fingerprint density at radius 2 is 2.14 bits per heavy atom. The lowest BCUT2D eigenvalue weighted by molar-refractivity contribution is 0.0785. The van der Waals surface area contributed by atoms with Crippen molar-refractivity contribution in [2.45, 2.75) is 6.42 Å². The van der Waals surface area contributed by atoms with Crippen molar-refractivity contribution in [3.63, 3.8) is 0 Å². The maximum absolute atomic E-state index is 12.5. The van der Waals surface area contributed by atoms with Crippen molar-refractivity contribution in [1.29, 1.82) is 0 Å². The highest BCUT2D eigenvalue weighted by atomic mass is 32.1. The number of hydrogen-bond acceptors (Lipinski definition) is 5. The normalized spacial score (nSPS) is 10.8. The van der Waals surface area contributed by atoms with Gasteiger partial charge in [-0.2, -0.15) is 0 Å². The fourth-order valence-electron chi connectivity index (χ4n) is 2.10. The SMILES string of the molecule is COCCCN(C)C(=O)c1sc2cc(OC)ccc2c1N. The number of benzene rings is 1. The van der Waals surface area contributed by atoms with Crippen LogP contribution < -0.4 is 10.5 Å². The summed E-state index contributed by atoms with van der Waals surface area (Å²) in [6.07, 6.45) is 0.803. The molecule has 2 aromatic rings. The van der Waals surface area contributed by atoms with Crippen molar-refractivity contribution >= 4 is 33.0 Å². The fourth-order valence-corrected chi connectivity index (χ4v) is 3.25. The van der Waals surface area contributed by atoms with Crippen LogP contribution in [0.15, 0.2) is 18.2 Å². The number of hydrogen-bond donors (Lipinski definition) is 1. The van der Waals surface area contributed by atoms with Crippen LogP contribution in [0, 0.1) is 0 Å². The van der Waals surface area contributed by atoms with Crippen molar-refractivity contribution in [3.8, 4) is 5.75 Å². The number of anilines is 1. The summed E-state index contributed by atoms with van der Waals surface area (Å²) in [6.45, 7) is 1.28. The third-order valence-electron chi connectivity index (χ3n) is 3.32. The Bertz CT molecular complexity index is 639. The van der Waals surface area contributed by atoms with E-state index in [2.05, 4.69) is 0 Å². The first-order valence-corrected chi connectivity index (χ1v) is 7.50. The maximum Gasteiger partial charge on any atom is 0.265 e. The molecule has 5 nitrogen and oxygen atoms in total. The number of methoxy groups -OCH3 is 2. The Hall–Kier alpha value is -1.79. The van der Waals surface area contributed by atoms with Gasteiger partial charge in [0.1, 0.15) is 10.6 Å². The van der Waals surface area contributed by atoms with Crippen LogP contribution in [0.5, 0.6) is 5.75 Å². The molecule has 1 aromatic carbocycles. The van der Waals surface area contributed by atoms with E-state index in [9.17, 15) is 4.79 Å². The number of amides is 1. The number of ether oxygens (including phenoxy) is 2. The average molecular weight is 308 g/mol. The van der Waals surface area contributed by atoms with Crippen molar-refractivity contribution in [1.82, 2.24) is 4.90 Å². The Labute approximate surface area is 128 Å². The summed E-state index contributed by atoms with van der Waals surface area (Å²) in [5.74, 6) is 0.708. The predicted octanol–water partition coefficient (Wildman–Crippen LogP) is 2.60. The lowest BCUT2D eigenvalue weighted by Gasteiger charge is -2.16. The molecule has 0 aliphatic heterocycles. The van der Waals surface area contributed by atoms with Crippen LogP contribution in [0.25, 0.3) is 10.1 Å². The van der Waals surface area contributed by atoms with Gasteiger partial charge < -0.3 is 20.1 Å². The molecule has 0 atom stereocenters. The predicted molar refractivity (Wildman–Crippen MR) is 86.2 cm³/mol. The highest BCUT2D eigenvalue weighted by molar-refractivity contribution is 7.21. The molecule has 114 valence electrons. The lowest BCUT2D eigenvalue weighted by Crippen LogP contribution is -2.28. The van der Waals surface area contributed by atoms with Crippen LogP contribution in [0.4, 0.5) is 5.69 Å². The second-order valence-corrected chi connectivity index (χ2v) is 5.83. The zero-order valence-corrected chi connectivity index (χ0v) is 13.3. The van der Waals surface area contributed by atoms with Crippen molar-refractivity contribution in [3.05, 3.63) is 23.1 Å². The number of fused-ring (bicyclic) bond motifs is 1. The Balaban J connectivity index is 2.24. The van der Waals surface area contributed by atoms with E-state index >= 15 is 0 Å². The van der Waals surface area contributed by atoms with E-state index in [0.29, 0.717) is 23.7 Å². The second kappa shape index (κ2) is 6.78. The van der Waals surface area contributed by atoms with Gasteiger partial charge in [-0.15, -0.1) is 11.3 Å². The number of nitrogens with zero attached hydrogens (tertiary/aromatic N) is 1. The number of carbonyl (C=O) groups excluding carboxylic acids is 1. The number of carbonyl (C=O) groups is 1. The van der Waals surface area contributed by atoms with Crippen LogP contribution in [-0.4, -0.2) is 45.2 Å². The molecule has 0 saturated carbocycles. The zero-order chi connectivity index (χ0) is 15.4. The van der Waals surface area contributed by atoms with Crippen LogP contribution >= 0.6 is 11.3 Å². The Kier molecular flexibility index (Phi) is 5.03. The molecule has 1 amide bonds. The van der Waals surface area contributed by atoms with Gasteiger partial charge >= 0.3 is 0 Å². The number of thiophene rings is 1. The van der Waals surface area contributed by atoms with Gasteiger partial charge in [-0.05, 0) is 24.6 Å². The molecule has 0 saturated heterocycles. The third kappa shape index (κ3) is 3.28. The van der Waals surface area contributed by atoms with E-state index < -0.39 is 0 Å². The highest BCUT2D eigenvalue weighted by Gasteiger charge is 2.19. The van der Waals surface area contributed by atoms with E-state index in [1.165, 1.54) is 11.3 Å². The summed E-state index contributed by atoms with van der Waals surface area (Å²) in [7, 11) is 5.05. The van der Waals surface area contributed by atoms with Gasteiger partial charge in [0, 0.05) is 37.4 Å². The van der Waals surface area contributed by atoms with E-state index in [4.69, 9.17) is 15.2 Å². The molecule has 6 heteroatoms. The molecule has 0 radical (unpaired) electrons. The molecule has 0 unspecified atom stereocenters. The van der Waals surface area contributed by atoms with Gasteiger partial charge in [-0.25, -0.2) is 0 Å². The topological polar surface area (TPSA) is 64.8 Å². The van der Waals surface area contributed by atoms with Crippen molar-refractivity contribution in [2.24, 2.45) is 0 Å². The van der Waals surface area contributed by atoms with E-state index in [-0.39, 0.29) is 5.91 Å². The minimum atomic E-state index is -0.0521. The molecule has 0 aliphatic carbocycles. The fraction of sp³-hybridized carbons (Fsp3) is 0.400. The van der Waals surface area contributed by atoms with Crippen molar-refractivity contribution < 1.29 is 14.3 Å². The van der Waals surface area contributed by atoms with Crippen LogP contribution in [0.2, 0.25) is 0 Å². The van der Waals surface area contributed by atoms with Crippen molar-refractivity contribution in [2.75, 3.05) is 40.2 Å². The first-order valence-electron chi connectivity index (χ1n) is 6.69. The van der Waals surface area contributed by atoms with Crippen LogP contribution in [-0.2, 0) is 4.74 Å². The third-order valence-corrected chi connectivity index (χ3v) is 4.47. The van der Waals surface area contributed by atoms with Gasteiger partial charge in [-0.3, -0.25) is 4.79 Å². The van der Waals surface area contributed by atoms with Gasteiger partial charge in [0.2, 0.25) is 0 Å². The Morgan fingerprint density at radius 3 is 2.81 bits per heavy atom. The summed E-state index contributed by atoms with van der Waals surface area (Å²) in [5, 5.41) is 0.898. The van der Waals surface area contributed by atoms with E-state index in [1.807, 2.05) is 18.2 Å². The van der Waals surface area contributed by atoms with E-state index in [1.54, 1.807) is 26.2 Å². The Morgan fingerprint density at radius 1 is 1.38 bits per heavy atom. The largest absolute Gasteiger partial charge is 0.497 e. The molecule has 0 aliphatic rings. The average Bonchev–Trinajstić information content (AvgIpc) is 2.83. The molecule has 0 spiro atoms. The lowest BCUT2D eigenvalue weighted by atomic mass is 10.2. The molecule has 2 rings (SSSR count). The molecular weight excluding hydrogens is 288 g/mol. The van der Waals surface area contributed by atoms with Crippen LogP contribution in [0.3, 0.4) is 0 Å². The molecule has 0 bridgehead atoms. The first-order chi connectivity index (χ1) is 10.1. The van der Waals surface area contributed by atoms with Gasteiger partial charge in [0.05, 0.1) is 12.8 Å². The standard InChI is InChI=1S/C15H20N2O3S/c1-17(7-4-8-19-2)15(18)14-13(16)11-6-5-10(20-3)9-12(11)21-14/h5-6,9H,4,7-8,16H2,1-3H3. The van der Waals surface area contributed by atoms with Gasteiger partial charge in [-0.1, -0.05) is 0 Å². The van der Waals surface area contributed by atoms with Gasteiger partial charge in [0.25, 0.3) is 5.91 Å². The summed E-state index contributed by atoms with van der Waals surface area (Å²) in [6, 6.07) is 5.64. The molecule has 1 aromatic heterocycles. The van der Waals surface area contributed by atoms with Gasteiger partial charge in [0.15, 0.2) is 0 Å². The summed E-state index contributed by atoms with van der Waals surface area (Å²) < 4.78 is 11.2. The zero-order valence-electron chi connectivity index (χ0n) is 12.5. The molecule has 1 heterocycles. The summed E-state index contributed by atoms with van der Waals surface area (Å²) >= 11 is 1.40. The minimum absolute atomic E-state index is 0.0521. The molecule has 0 fully saturated rings.